The molecule has 1 amide bonds. The number of alkyl halides is 3. The van der Waals surface area contributed by atoms with Crippen LogP contribution in [0.15, 0.2) is 0 Å². The molecule has 1 aromatic rings. The van der Waals surface area contributed by atoms with Crippen LogP contribution < -0.4 is 11.1 Å². The van der Waals surface area contributed by atoms with Gasteiger partial charge in [0.2, 0.25) is 5.91 Å². The van der Waals surface area contributed by atoms with Crippen molar-refractivity contribution in [2.45, 2.75) is 76.6 Å². The number of carbonyl (C=O) groups excluding carboxylic acids is 1. The molecule has 30 heavy (non-hydrogen) atoms. The third-order valence-electron chi connectivity index (χ3n) is 6.71. The molecule has 3 aliphatic rings. The maximum absolute atomic E-state index is 13.4. The summed E-state index contributed by atoms with van der Waals surface area (Å²) < 4.78 is 40.3. The van der Waals surface area contributed by atoms with E-state index in [1.165, 1.54) is 6.92 Å². The van der Waals surface area contributed by atoms with Gasteiger partial charge in [-0.15, -0.1) is 24.8 Å². The first-order chi connectivity index (χ1) is 13.2. The molecule has 3 aliphatic carbocycles. The number of fused-ring (bicyclic) bond motifs is 3. The average Bonchev–Trinajstić information content (AvgIpc) is 2.60. The summed E-state index contributed by atoms with van der Waals surface area (Å²) in [7, 11) is 0. The lowest BCUT2D eigenvalue weighted by molar-refractivity contribution is -0.142. The highest BCUT2D eigenvalue weighted by atomic mass is 35.5. The first kappa shape index (κ1) is 25.1. The molecule has 170 valence electrons. The van der Waals surface area contributed by atoms with E-state index >= 15 is 0 Å². The predicted octanol–water partition coefficient (Wildman–Crippen LogP) is 3.77. The van der Waals surface area contributed by atoms with Crippen molar-refractivity contribution in [3.05, 3.63) is 22.8 Å². The fourth-order valence-corrected chi connectivity index (χ4v) is 5.50. The van der Waals surface area contributed by atoms with Gasteiger partial charge in [-0.05, 0) is 63.7 Å². The molecule has 1 heterocycles. The van der Waals surface area contributed by atoms with E-state index in [0.29, 0.717) is 30.4 Å². The van der Waals surface area contributed by atoms with Crippen LogP contribution in [0.3, 0.4) is 0 Å². The lowest BCUT2D eigenvalue weighted by atomic mass is 9.67. The Kier molecular flexibility index (Phi) is 8.02. The Bertz CT molecular complexity index is 763. The second-order valence-corrected chi connectivity index (χ2v) is 8.70. The van der Waals surface area contributed by atoms with Crippen LogP contribution in [0.1, 0.15) is 61.3 Å². The summed E-state index contributed by atoms with van der Waals surface area (Å²) in [5.74, 6) is 0.311. The Hall–Kier alpha value is -1.12. The van der Waals surface area contributed by atoms with Crippen molar-refractivity contribution in [1.29, 1.82) is 0 Å². The van der Waals surface area contributed by atoms with Gasteiger partial charge in [0.15, 0.2) is 5.69 Å². The molecule has 3 unspecified atom stereocenters. The van der Waals surface area contributed by atoms with Crippen LogP contribution in [0.25, 0.3) is 0 Å². The van der Waals surface area contributed by atoms with Gasteiger partial charge in [-0.2, -0.15) is 13.2 Å². The van der Waals surface area contributed by atoms with Crippen molar-refractivity contribution >= 4 is 30.7 Å². The van der Waals surface area contributed by atoms with Crippen LogP contribution in [-0.2, 0) is 23.8 Å². The van der Waals surface area contributed by atoms with Crippen molar-refractivity contribution in [3.63, 3.8) is 0 Å². The topological polar surface area (TPSA) is 80.9 Å². The van der Waals surface area contributed by atoms with Crippen molar-refractivity contribution < 1.29 is 18.0 Å². The lowest BCUT2D eigenvalue weighted by Gasteiger charge is -2.45. The van der Waals surface area contributed by atoms with Gasteiger partial charge < -0.3 is 11.1 Å². The molecule has 0 spiro atoms. The second kappa shape index (κ2) is 9.57. The van der Waals surface area contributed by atoms with E-state index in [1.807, 2.05) is 0 Å². The highest BCUT2D eigenvalue weighted by Crippen LogP contribution is 2.40. The van der Waals surface area contributed by atoms with Crippen molar-refractivity contribution in [2.75, 3.05) is 0 Å². The number of nitrogens with one attached hydrogen (secondary N) is 1. The van der Waals surface area contributed by atoms with Gasteiger partial charge in [0.05, 0.1) is 0 Å². The van der Waals surface area contributed by atoms with E-state index in [2.05, 4.69) is 15.3 Å². The molecular weight excluding hydrogens is 440 g/mol. The standard InChI is InChI=1S/C20H27F3N4O.2ClH/c1-10-25-16-6-5-13(9-15(16)18(26-10)20(21,22)23)19(28)27-17-11-3-2-4-12(17)8-14(24)7-11;;/h11-14,17H,2-9,24H2,1H3,(H,27,28);2*1H. The fourth-order valence-electron chi connectivity index (χ4n) is 5.50. The number of aryl methyl sites for hydroxylation is 2. The molecule has 0 aliphatic heterocycles. The summed E-state index contributed by atoms with van der Waals surface area (Å²) in [5.41, 5.74) is 5.80. The van der Waals surface area contributed by atoms with Crippen molar-refractivity contribution in [2.24, 2.45) is 23.5 Å². The van der Waals surface area contributed by atoms with E-state index in [9.17, 15) is 18.0 Å². The fraction of sp³-hybridized carbons (Fsp3) is 0.750. The zero-order valence-corrected chi connectivity index (χ0v) is 18.5. The molecule has 0 aromatic carbocycles. The van der Waals surface area contributed by atoms with Crippen molar-refractivity contribution in [1.82, 2.24) is 15.3 Å². The van der Waals surface area contributed by atoms with Crippen LogP contribution >= 0.6 is 24.8 Å². The molecule has 10 heteroatoms. The summed E-state index contributed by atoms with van der Waals surface area (Å²) in [4.78, 5) is 20.8. The monoisotopic (exact) mass is 468 g/mol. The molecule has 0 saturated heterocycles. The number of rotatable bonds is 2. The molecule has 3 atom stereocenters. The highest BCUT2D eigenvalue weighted by Gasteiger charge is 2.43. The van der Waals surface area contributed by atoms with E-state index in [-0.39, 0.29) is 60.6 Å². The number of halogens is 5. The summed E-state index contributed by atoms with van der Waals surface area (Å²) in [6.45, 7) is 1.47. The third kappa shape index (κ3) is 5.02. The van der Waals surface area contributed by atoms with E-state index in [4.69, 9.17) is 5.73 Å². The summed E-state index contributed by atoms with van der Waals surface area (Å²) in [6, 6.07) is 0.304. The largest absolute Gasteiger partial charge is 0.433 e. The van der Waals surface area contributed by atoms with Gasteiger partial charge in [-0.3, -0.25) is 4.79 Å². The predicted molar refractivity (Wildman–Crippen MR) is 112 cm³/mol. The molecule has 0 radical (unpaired) electrons. The first-order valence-corrected chi connectivity index (χ1v) is 10.2. The molecule has 1 aromatic heterocycles. The van der Waals surface area contributed by atoms with Gasteiger partial charge in [0, 0.05) is 29.3 Å². The summed E-state index contributed by atoms with van der Waals surface area (Å²) in [6.07, 6.45) is 1.54. The number of carbonyl (C=O) groups is 1. The van der Waals surface area contributed by atoms with Crippen LogP contribution in [-0.4, -0.2) is 28.0 Å². The number of aromatic nitrogens is 2. The lowest BCUT2D eigenvalue weighted by Crippen LogP contribution is -2.55. The SMILES string of the molecule is Cc1nc2c(c(C(F)(F)F)n1)CC(C(=O)NC1C3CCCC1CC(N)C3)CC2.Cl.Cl. The number of hydrogen-bond donors (Lipinski definition) is 2. The summed E-state index contributed by atoms with van der Waals surface area (Å²) >= 11 is 0. The van der Waals surface area contributed by atoms with Gasteiger partial charge in [0.25, 0.3) is 0 Å². The molecule has 2 saturated carbocycles. The van der Waals surface area contributed by atoms with Gasteiger partial charge in [-0.25, -0.2) is 9.97 Å². The number of hydrogen-bond acceptors (Lipinski definition) is 4. The highest BCUT2D eigenvalue weighted by molar-refractivity contribution is 5.85. The van der Waals surface area contributed by atoms with Crippen LogP contribution in [0.2, 0.25) is 0 Å². The van der Waals surface area contributed by atoms with E-state index in [1.54, 1.807) is 0 Å². The quantitative estimate of drug-likeness (QED) is 0.691. The normalized spacial score (nSPS) is 30.4. The molecule has 2 bridgehead atoms. The van der Waals surface area contributed by atoms with Gasteiger partial charge >= 0.3 is 6.18 Å². The minimum absolute atomic E-state index is 0. The zero-order valence-electron chi connectivity index (χ0n) is 16.9. The minimum Gasteiger partial charge on any atom is -0.353 e. The smallest absolute Gasteiger partial charge is 0.353 e. The number of nitrogens with zero attached hydrogens (tertiary/aromatic N) is 2. The molecule has 4 rings (SSSR count). The number of nitrogens with two attached hydrogens (primary N) is 1. The molecule has 5 nitrogen and oxygen atoms in total. The maximum Gasteiger partial charge on any atom is 0.433 e. The Morgan fingerprint density at radius 3 is 2.33 bits per heavy atom. The Morgan fingerprint density at radius 2 is 1.73 bits per heavy atom. The van der Waals surface area contributed by atoms with Crippen LogP contribution in [0, 0.1) is 24.7 Å². The van der Waals surface area contributed by atoms with E-state index in [0.717, 1.165) is 32.1 Å². The molecule has 2 fully saturated rings. The van der Waals surface area contributed by atoms with Gasteiger partial charge in [0.1, 0.15) is 5.82 Å². The first-order valence-electron chi connectivity index (χ1n) is 10.2. The van der Waals surface area contributed by atoms with Crippen LogP contribution in [0.5, 0.6) is 0 Å². The third-order valence-corrected chi connectivity index (χ3v) is 6.71. The van der Waals surface area contributed by atoms with E-state index < -0.39 is 17.8 Å². The van der Waals surface area contributed by atoms with Crippen LogP contribution in [0.4, 0.5) is 13.2 Å². The maximum atomic E-state index is 13.4. The minimum atomic E-state index is -4.54. The average molecular weight is 469 g/mol. The summed E-state index contributed by atoms with van der Waals surface area (Å²) in [5, 5.41) is 3.20. The Morgan fingerprint density at radius 1 is 1.10 bits per heavy atom. The van der Waals surface area contributed by atoms with Gasteiger partial charge in [-0.1, -0.05) is 6.42 Å². The van der Waals surface area contributed by atoms with Crippen molar-refractivity contribution in [3.8, 4) is 0 Å². The Balaban J connectivity index is 0.00000160. The molecular formula is C20H29Cl2F3N4O. The Labute approximate surface area is 187 Å². The molecule has 3 N–H and O–H groups in total. The second-order valence-electron chi connectivity index (χ2n) is 8.70. The number of amides is 1. The zero-order chi connectivity index (χ0) is 20.1.